The third-order valence-electron chi connectivity index (χ3n) is 5.66. The molecule has 0 spiro atoms. The van der Waals surface area contributed by atoms with E-state index in [9.17, 15) is 22.8 Å². The third kappa shape index (κ3) is 4.17. The second-order valence-electron chi connectivity index (χ2n) is 7.77. The number of carbonyl (C=O) groups excluding carboxylic acids is 2. The van der Waals surface area contributed by atoms with Crippen LogP contribution in [0.5, 0.6) is 0 Å². The van der Waals surface area contributed by atoms with E-state index in [1.807, 2.05) is 11.8 Å². The van der Waals surface area contributed by atoms with Crippen LogP contribution in [-0.4, -0.2) is 29.3 Å². The largest absolute Gasteiger partial charge is 0.418 e. The Labute approximate surface area is 177 Å². The minimum atomic E-state index is -4.58. The molecule has 1 fully saturated rings. The maximum absolute atomic E-state index is 13.2. The molecule has 2 aliphatic heterocycles. The minimum Gasteiger partial charge on any atom is -0.336 e. The first-order chi connectivity index (χ1) is 14.8. The lowest BCUT2D eigenvalue weighted by Gasteiger charge is -2.33. The molecule has 6 nitrogen and oxygen atoms in total. The van der Waals surface area contributed by atoms with Crippen LogP contribution in [0.15, 0.2) is 52.7 Å². The number of nitrogens with zero attached hydrogens (tertiary/aromatic N) is 3. The van der Waals surface area contributed by atoms with E-state index in [4.69, 9.17) is 0 Å². The molecule has 2 atom stereocenters. The molecule has 2 aromatic carbocycles. The summed E-state index contributed by atoms with van der Waals surface area (Å²) in [6.07, 6.45) is -1.49. The highest BCUT2D eigenvalue weighted by Gasteiger charge is 2.40. The van der Waals surface area contributed by atoms with Crippen molar-refractivity contribution >= 4 is 23.2 Å². The summed E-state index contributed by atoms with van der Waals surface area (Å²) in [4.78, 5) is 26.8. The van der Waals surface area contributed by atoms with Gasteiger partial charge in [0.25, 0.3) is 11.8 Å². The maximum Gasteiger partial charge on any atom is 0.418 e. The first-order valence-corrected chi connectivity index (χ1v) is 10.1. The fourth-order valence-corrected chi connectivity index (χ4v) is 3.98. The van der Waals surface area contributed by atoms with E-state index in [-0.39, 0.29) is 23.2 Å². The van der Waals surface area contributed by atoms with Gasteiger partial charge in [-0.2, -0.15) is 23.4 Å². The summed E-state index contributed by atoms with van der Waals surface area (Å²) in [7, 11) is 0. The van der Waals surface area contributed by atoms with Crippen molar-refractivity contribution in [3.8, 4) is 0 Å². The van der Waals surface area contributed by atoms with Crippen molar-refractivity contribution in [2.24, 2.45) is 10.2 Å². The molecule has 0 aliphatic carbocycles. The number of anilines is 1. The highest BCUT2D eigenvalue weighted by atomic mass is 19.4. The van der Waals surface area contributed by atoms with Gasteiger partial charge in [-0.15, -0.1) is 0 Å². The molecular formula is C22H21F3N4O2. The highest BCUT2D eigenvalue weighted by molar-refractivity contribution is 6.03. The summed E-state index contributed by atoms with van der Waals surface area (Å²) in [5, 5.41) is 10.2. The van der Waals surface area contributed by atoms with Crippen molar-refractivity contribution in [2.45, 2.75) is 44.4 Å². The normalized spacial score (nSPS) is 21.3. The molecule has 2 aliphatic rings. The summed E-state index contributed by atoms with van der Waals surface area (Å²) in [5.74, 6) is -0.708. The van der Waals surface area contributed by atoms with E-state index in [0.29, 0.717) is 11.3 Å². The summed E-state index contributed by atoms with van der Waals surface area (Å²) >= 11 is 0. The fourth-order valence-electron chi connectivity index (χ4n) is 3.98. The van der Waals surface area contributed by atoms with Crippen molar-refractivity contribution in [1.82, 2.24) is 4.90 Å². The van der Waals surface area contributed by atoms with Crippen LogP contribution in [0.1, 0.15) is 53.7 Å². The zero-order valence-corrected chi connectivity index (χ0v) is 16.8. The van der Waals surface area contributed by atoms with Crippen LogP contribution in [0.25, 0.3) is 0 Å². The first-order valence-electron chi connectivity index (χ1n) is 10.1. The second-order valence-corrected chi connectivity index (χ2v) is 7.77. The van der Waals surface area contributed by atoms with Gasteiger partial charge < -0.3 is 10.2 Å². The number of alkyl halides is 3. The number of fused-ring (bicyclic) bond motifs is 1. The van der Waals surface area contributed by atoms with Gasteiger partial charge in [-0.3, -0.25) is 9.59 Å². The smallest absolute Gasteiger partial charge is 0.336 e. The number of likely N-dealkylation sites (tertiary alicyclic amines) is 1. The van der Waals surface area contributed by atoms with Crippen LogP contribution in [0.4, 0.5) is 24.5 Å². The molecule has 0 saturated carbocycles. The molecule has 4 rings (SSSR count). The molecule has 0 aromatic heterocycles. The van der Waals surface area contributed by atoms with Gasteiger partial charge in [0.2, 0.25) is 0 Å². The van der Waals surface area contributed by atoms with Gasteiger partial charge in [0.1, 0.15) is 0 Å². The first kappa shape index (κ1) is 21.0. The topological polar surface area (TPSA) is 74.1 Å². The molecule has 0 unspecified atom stereocenters. The molecule has 2 heterocycles. The van der Waals surface area contributed by atoms with Crippen molar-refractivity contribution in [2.75, 3.05) is 11.9 Å². The van der Waals surface area contributed by atoms with Crippen molar-refractivity contribution < 1.29 is 22.8 Å². The molecule has 1 N–H and O–H groups in total. The van der Waals surface area contributed by atoms with Gasteiger partial charge in [-0.05, 0) is 56.5 Å². The zero-order valence-electron chi connectivity index (χ0n) is 16.8. The molecule has 31 heavy (non-hydrogen) atoms. The van der Waals surface area contributed by atoms with Crippen LogP contribution in [0, 0.1) is 0 Å². The number of carbonyl (C=O) groups is 2. The van der Waals surface area contributed by atoms with E-state index < -0.39 is 23.7 Å². The number of hydrogen-bond donors (Lipinski definition) is 1. The molecule has 2 aromatic rings. The Morgan fingerprint density at radius 3 is 2.55 bits per heavy atom. The Kier molecular flexibility index (Phi) is 5.51. The lowest BCUT2D eigenvalue weighted by Crippen LogP contribution is -2.41. The average molecular weight is 430 g/mol. The van der Waals surface area contributed by atoms with Gasteiger partial charge in [0.15, 0.2) is 6.04 Å². The van der Waals surface area contributed by atoms with E-state index in [0.717, 1.165) is 31.9 Å². The lowest BCUT2D eigenvalue weighted by molar-refractivity contribution is -0.136. The standard InChI is InChI=1S/C22H21F3N4O2/c1-13-5-2-3-12-29(13)21(31)14-8-10-15(11-9-14)27-28-19-16-6-4-7-17(22(23,24)25)18(16)26-20(19)30/h4,6-11,13,19H,2-3,5,12H2,1H3,(H,26,30)/t13-,19-/m1/s1. The average Bonchev–Trinajstić information content (AvgIpc) is 3.06. The Hall–Kier alpha value is -3.23. The van der Waals surface area contributed by atoms with Gasteiger partial charge in [0.05, 0.1) is 16.9 Å². The molecule has 1 saturated heterocycles. The van der Waals surface area contributed by atoms with E-state index >= 15 is 0 Å². The van der Waals surface area contributed by atoms with Crippen LogP contribution < -0.4 is 5.32 Å². The van der Waals surface area contributed by atoms with Gasteiger partial charge in [-0.25, -0.2) is 0 Å². The zero-order chi connectivity index (χ0) is 22.2. The molecule has 0 bridgehead atoms. The molecule has 2 amide bonds. The van der Waals surface area contributed by atoms with Crippen LogP contribution in [-0.2, 0) is 11.0 Å². The number of hydrogen-bond acceptors (Lipinski definition) is 4. The fraction of sp³-hybridized carbons (Fsp3) is 0.364. The van der Waals surface area contributed by atoms with Crippen molar-refractivity contribution in [1.29, 1.82) is 0 Å². The SMILES string of the molecule is C[C@@H]1CCCCN1C(=O)c1ccc(N=N[C@H]2C(=O)Nc3c2cccc3C(F)(F)F)cc1. The van der Waals surface area contributed by atoms with E-state index in [2.05, 4.69) is 15.5 Å². The lowest BCUT2D eigenvalue weighted by atomic mass is 10.0. The Balaban J connectivity index is 1.51. The van der Waals surface area contributed by atoms with Gasteiger partial charge in [-0.1, -0.05) is 12.1 Å². The Morgan fingerprint density at radius 1 is 1.13 bits per heavy atom. The number of rotatable bonds is 3. The van der Waals surface area contributed by atoms with E-state index in [1.165, 1.54) is 12.1 Å². The Morgan fingerprint density at radius 2 is 1.87 bits per heavy atom. The molecular weight excluding hydrogens is 409 g/mol. The molecule has 162 valence electrons. The predicted octanol–water partition coefficient (Wildman–Crippen LogP) is 5.50. The number of nitrogens with one attached hydrogen (secondary N) is 1. The number of benzene rings is 2. The summed E-state index contributed by atoms with van der Waals surface area (Å²) in [6.45, 7) is 2.77. The molecule has 9 heteroatoms. The molecule has 0 radical (unpaired) electrons. The predicted molar refractivity (Wildman–Crippen MR) is 108 cm³/mol. The Bertz CT molecular complexity index is 1030. The monoisotopic (exact) mass is 430 g/mol. The van der Waals surface area contributed by atoms with Crippen LogP contribution >= 0.6 is 0 Å². The van der Waals surface area contributed by atoms with Crippen molar-refractivity contribution in [3.63, 3.8) is 0 Å². The summed E-state index contributed by atoms with van der Waals surface area (Å²) < 4.78 is 39.5. The number of amides is 2. The van der Waals surface area contributed by atoms with Crippen molar-refractivity contribution in [3.05, 3.63) is 59.2 Å². The van der Waals surface area contributed by atoms with Crippen LogP contribution in [0.3, 0.4) is 0 Å². The number of piperidine rings is 1. The number of azo groups is 1. The third-order valence-corrected chi connectivity index (χ3v) is 5.66. The summed E-state index contributed by atoms with van der Waals surface area (Å²) in [6, 6.07) is 9.11. The van der Waals surface area contributed by atoms with E-state index in [1.54, 1.807) is 24.3 Å². The van der Waals surface area contributed by atoms with Gasteiger partial charge >= 0.3 is 6.18 Å². The quantitative estimate of drug-likeness (QED) is 0.653. The van der Waals surface area contributed by atoms with Gasteiger partial charge in [0, 0.05) is 23.7 Å². The second kappa shape index (κ2) is 8.13. The summed E-state index contributed by atoms with van der Waals surface area (Å²) in [5.41, 5.74) is -0.121. The maximum atomic E-state index is 13.2. The number of para-hydroxylation sites is 1. The highest BCUT2D eigenvalue weighted by Crippen LogP contribution is 2.43. The van der Waals surface area contributed by atoms with Crippen LogP contribution in [0.2, 0.25) is 0 Å². The number of halogens is 3. The minimum absolute atomic E-state index is 0.0422.